The van der Waals surface area contributed by atoms with Gasteiger partial charge in [-0.3, -0.25) is 9.59 Å². The highest BCUT2D eigenvalue weighted by Gasteiger charge is 2.46. The van der Waals surface area contributed by atoms with Gasteiger partial charge in [0.1, 0.15) is 23.0 Å². The fourth-order valence-electron chi connectivity index (χ4n) is 3.94. The van der Waals surface area contributed by atoms with E-state index in [1.807, 2.05) is 19.0 Å². The van der Waals surface area contributed by atoms with Gasteiger partial charge in [0.15, 0.2) is 0 Å². The van der Waals surface area contributed by atoms with Gasteiger partial charge in [-0.05, 0) is 56.9 Å². The Bertz CT molecular complexity index is 1050. The molecule has 1 fully saturated rings. The zero-order valence-corrected chi connectivity index (χ0v) is 19.6. The van der Waals surface area contributed by atoms with Crippen LogP contribution in [0.25, 0.3) is 5.76 Å². The summed E-state index contributed by atoms with van der Waals surface area (Å²) in [5.74, 6) is -0.123. The fourth-order valence-corrected chi connectivity index (χ4v) is 3.94. The van der Waals surface area contributed by atoms with Crippen molar-refractivity contribution in [2.24, 2.45) is 0 Å². The molecule has 8 heteroatoms. The summed E-state index contributed by atoms with van der Waals surface area (Å²) >= 11 is 0. The number of rotatable bonds is 9. The van der Waals surface area contributed by atoms with Crippen LogP contribution in [0.3, 0.4) is 0 Å². The van der Waals surface area contributed by atoms with Crippen LogP contribution in [-0.4, -0.2) is 75.1 Å². The Hall–Kier alpha value is -3.52. The average Bonchev–Trinajstić information content (AvgIpc) is 3.08. The highest BCUT2D eigenvalue weighted by atomic mass is 16.5. The molecule has 2 aromatic rings. The lowest BCUT2D eigenvalue weighted by Gasteiger charge is -2.26. The minimum atomic E-state index is -0.732. The van der Waals surface area contributed by atoms with E-state index in [0.717, 1.165) is 6.54 Å². The Balaban J connectivity index is 2.13. The van der Waals surface area contributed by atoms with Gasteiger partial charge in [0, 0.05) is 12.6 Å². The summed E-state index contributed by atoms with van der Waals surface area (Å²) in [5.41, 5.74) is 1.04. The monoisotopic (exact) mass is 454 g/mol. The molecule has 33 heavy (non-hydrogen) atoms. The van der Waals surface area contributed by atoms with E-state index in [9.17, 15) is 14.7 Å². The van der Waals surface area contributed by atoms with Crippen LogP contribution in [0, 0.1) is 0 Å². The van der Waals surface area contributed by atoms with Crippen molar-refractivity contribution in [3.8, 4) is 17.2 Å². The second kappa shape index (κ2) is 10.4. The first-order chi connectivity index (χ1) is 15.8. The van der Waals surface area contributed by atoms with Gasteiger partial charge in [-0.2, -0.15) is 0 Å². The van der Waals surface area contributed by atoms with Crippen molar-refractivity contribution in [1.29, 1.82) is 0 Å². The molecule has 8 nitrogen and oxygen atoms in total. The van der Waals surface area contributed by atoms with Gasteiger partial charge in [-0.15, -0.1) is 0 Å². The van der Waals surface area contributed by atoms with E-state index in [1.165, 1.54) is 19.1 Å². The van der Waals surface area contributed by atoms with Gasteiger partial charge in [-0.25, -0.2) is 0 Å². The summed E-state index contributed by atoms with van der Waals surface area (Å²) in [4.78, 5) is 29.7. The number of aliphatic hydroxyl groups excluding tert-OH is 1. The molecular weight excluding hydrogens is 424 g/mol. The maximum Gasteiger partial charge on any atom is 0.295 e. The largest absolute Gasteiger partial charge is 0.507 e. The third-order valence-corrected chi connectivity index (χ3v) is 5.64. The van der Waals surface area contributed by atoms with Crippen molar-refractivity contribution in [1.82, 2.24) is 9.80 Å². The molecular formula is C25H30N2O6. The molecule has 1 saturated heterocycles. The van der Waals surface area contributed by atoms with Gasteiger partial charge >= 0.3 is 0 Å². The van der Waals surface area contributed by atoms with Crippen LogP contribution >= 0.6 is 0 Å². The van der Waals surface area contributed by atoms with Crippen LogP contribution in [0.15, 0.2) is 48.0 Å². The number of nitrogens with zero attached hydrogens (tertiary/aromatic N) is 2. The average molecular weight is 455 g/mol. The smallest absolute Gasteiger partial charge is 0.295 e. The summed E-state index contributed by atoms with van der Waals surface area (Å²) in [6.45, 7) is 1.13. The summed E-state index contributed by atoms with van der Waals surface area (Å²) in [6, 6.07) is 11.3. The second-order valence-corrected chi connectivity index (χ2v) is 7.99. The van der Waals surface area contributed by atoms with E-state index >= 15 is 0 Å². The van der Waals surface area contributed by atoms with E-state index in [1.54, 1.807) is 49.6 Å². The number of carbonyl (C=O) groups is 2. The van der Waals surface area contributed by atoms with Crippen LogP contribution in [-0.2, 0) is 9.59 Å². The summed E-state index contributed by atoms with van der Waals surface area (Å²) in [5, 5.41) is 11.3. The van der Waals surface area contributed by atoms with Crippen molar-refractivity contribution >= 4 is 17.4 Å². The summed E-state index contributed by atoms with van der Waals surface area (Å²) < 4.78 is 15.9. The normalized spacial score (nSPS) is 17.5. The highest BCUT2D eigenvalue weighted by Crippen LogP contribution is 2.41. The van der Waals surface area contributed by atoms with E-state index in [0.29, 0.717) is 41.3 Å². The predicted molar refractivity (Wildman–Crippen MR) is 125 cm³/mol. The topological polar surface area (TPSA) is 88.5 Å². The Labute approximate surface area is 194 Å². The maximum atomic E-state index is 13.1. The van der Waals surface area contributed by atoms with E-state index in [4.69, 9.17) is 14.2 Å². The number of ether oxygens (including phenoxy) is 3. The minimum Gasteiger partial charge on any atom is -0.507 e. The molecule has 3 rings (SSSR count). The SMILES string of the molecule is COc1ccc([C@@H]2/C(=C(\O)c3ccc(OC)cc3OC)C(=O)C(=O)N2CCCN(C)C)cc1. The zero-order valence-electron chi connectivity index (χ0n) is 19.6. The first-order valence-corrected chi connectivity index (χ1v) is 10.6. The number of hydrogen-bond donors (Lipinski definition) is 1. The van der Waals surface area contributed by atoms with Gasteiger partial charge in [0.05, 0.1) is 38.5 Å². The molecule has 0 unspecified atom stereocenters. The van der Waals surface area contributed by atoms with Crippen LogP contribution < -0.4 is 14.2 Å². The molecule has 176 valence electrons. The molecule has 1 atom stereocenters. The van der Waals surface area contributed by atoms with Gasteiger partial charge in [-0.1, -0.05) is 12.1 Å². The first-order valence-electron chi connectivity index (χ1n) is 10.6. The Morgan fingerprint density at radius 3 is 2.18 bits per heavy atom. The maximum absolute atomic E-state index is 13.1. The van der Waals surface area contributed by atoms with Crippen LogP contribution in [0.2, 0.25) is 0 Å². The number of Topliss-reactive ketones (excluding diaryl/α,β-unsaturated/α-hetero) is 1. The van der Waals surface area contributed by atoms with Crippen molar-refractivity contribution in [2.45, 2.75) is 12.5 Å². The molecule has 0 saturated carbocycles. The van der Waals surface area contributed by atoms with Crippen molar-refractivity contribution in [3.05, 3.63) is 59.2 Å². The Morgan fingerprint density at radius 2 is 1.61 bits per heavy atom. The third kappa shape index (κ3) is 4.96. The fraction of sp³-hybridized carbons (Fsp3) is 0.360. The van der Waals surface area contributed by atoms with E-state index in [-0.39, 0.29) is 11.3 Å². The molecule has 0 aliphatic carbocycles. The van der Waals surface area contributed by atoms with Crippen molar-refractivity contribution in [2.75, 3.05) is 48.5 Å². The molecule has 0 radical (unpaired) electrons. The summed E-state index contributed by atoms with van der Waals surface area (Å²) in [7, 11) is 8.46. The number of ketones is 1. The van der Waals surface area contributed by atoms with Gasteiger partial charge in [0.2, 0.25) is 0 Å². The predicted octanol–water partition coefficient (Wildman–Crippen LogP) is 3.09. The van der Waals surface area contributed by atoms with Crippen molar-refractivity contribution < 1.29 is 28.9 Å². The van der Waals surface area contributed by atoms with Crippen molar-refractivity contribution in [3.63, 3.8) is 0 Å². The molecule has 2 aromatic carbocycles. The standard InChI is InChI=1S/C25H30N2O6/c1-26(2)13-6-14-27-22(16-7-9-17(31-3)10-8-16)21(24(29)25(27)30)23(28)19-12-11-18(32-4)15-20(19)33-5/h7-12,15,22,28H,6,13-14H2,1-5H3/b23-21+/t22-/m1/s1. The number of likely N-dealkylation sites (tertiary alicyclic amines) is 1. The quantitative estimate of drug-likeness (QED) is 0.354. The molecule has 0 aromatic heterocycles. The number of carbonyl (C=O) groups excluding carboxylic acids is 2. The second-order valence-electron chi connectivity index (χ2n) is 7.99. The van der Waals surface area contributed by atoms with Crippen LogP contribution in [0.5, 0.6) is 17.2 Å². The zero-order chi connectivity index (χ0) is 24.1. The number of aliphatic hydroxyl groups is 1. The lowest BCUT2D eigenvalue weighted by Crippen LogP contribution is -2.32. The molecule has 0 spiro atoms. The molecule has 1 aliphatic heterocycles. The number of amides is 1. The molecule has 1 amide bonds. The Kier molecular flexibility index (Phi) is 7.60. The van der Waals surface area contributed by atoms with Gasteiger partial charge < -0.3 is 29.1 Å². The molecule has 1 aliphatic rings. The minimum absolute atomic E-state index is 0.0264. The van der Waals surface area contributed by atoms with E-state index < -0.39 is 17.7 Å². The third-order valence-electron chi connectivity index (χ3n) is 5.64. The van der Waals surface area contributed by atoms with Crippen LogP contribution in [0.4, 0.5) is 0 Å². The number of benzene rings is 2. The number of hydrogen-bond acceptors (Lipinski definition) is 7. The molecule has 1 heterocycles. The number of methoxy groups -OCH3 is 3. The lowest BCUT2D eigenvalue weighted by atomic mass is 9.95. The molecule has 0 bridgehead atoms. The van der Waals surface area contributed by atoms with Gasteiger partial charge in [0.25, 0.3) is 11.7 Å². The summed E-state index contributed by atoms with van der Waals surface area (Å²) in [6.07, 6.45) is 0.679. The van der Waals surface area contributed by atoms with E-state index in [2.05, 4.69) is 0 Å². The highest BCUT2D eigenvalue weighted by molar-refractivity contribution is 6.46. The van der Waals surface area contributed by atoms with Crippen LogP contribution in [0.1, 0.15) is 23.6 Å². The first kappa shape index (κ1) is 24.1. The lowest BCUT2D eigenvalue weighted by molar-refractivity contribution is -0.139. The Morgan fingerprint density at radius 1 is 0.970 bits per heavy atom. The molecule has 1 N–H and O–H groups in total.